The molecular formula is C14H13BrN2O3. The summed E-state index contributed by atoms with van der Waals surface area (Å²) in [6.45, 7) is 0. The molecule has 0 aliphatic carbocycles. The number of hydrogen-bond acceptors (Lipinski definition) is 4. The van der Waals surface area contributed by atoms with E-state index in [1.807, 2.05) is 6.07 Å². The lowest BCUT2D eigenvalue weighted by Crippen LogP contribution is -2.32. The number of aromatic nitrogens is 1. The number of halogens is 1. The molecule has 20 heavy (non-hydrogen) atoms. The van der Waals surface area contributed by atoms with E-state index in [0.29, 0.717) is 11.6 Å². The highest BCUT2D eigenvalue weighted by Crippen LogP contribution is 2.26. The molecule has 0 bridgehead atoms. The van der Waals surface area contributed by atoms with Gasteiger partial charge in [0.2, 0.25) is 5.88 Å². The predicted molar refractivity (Wildman–Crippen MR) is 77.8 cm³/mol. The van der Waals surface area contributed by atoms with E-state index in [-0.39, 0.29) is 6.42 Å². The number of ether oxygens (including phenoxy) is 1. The van der Waals surface area contributed by atoms with Crippen molar-refractivity contribution in [1.29, 1.82) is 0 Å². The SMILES string of the molecule is N[C@@H](Cc1ccc(Oc2ncccc2Br)cc1)C(=O)O. The van der Waals surface area contributed by atoms with Crippen LogP contribution < -0.4 is 10.5 Å². The largest absolute Gasteiger partial charge is 0.480 e. The van der Waals surface area contributed by atoms with Gasteiger partial charge in [-0.15, -0.1) is 0 Å². The van der Waals surface area contributed by atoms with Gasteiger partial charge in [0, 0.05) is 6.20 Å². The minimum absolute atomic E-state index is 0.281. The van der Waals surface area contributed by atoms with E-state index in [4.69, 9.17) is 15.6 Å². The zero-order chi connectivity index (χ0) is 14.5. The molecule has 0 aliphatic rings. The first kappa shape index (κ1) is 14.5. The number of carboxylic acid groups (broad SMARTS) is 1. The molecule has 5 nitrogen and oxygen atoms in total. The average Bonchev–Trinajstić information content (AvgIpc) is 2.43. The number of pyridine rings is 1. The van der Waals surface area contributed by atoms with Crippen molar-refractivity contribution >= 4 is 21.9 Å². The summed E-state index contributed by atoms with van der Waals surface area (Å²) >= 11 is 3.35. The molecule has 0 amide bonds. The maximum absolute atomic E-state index is 10.7. The second-order valence-corrected chi connectivity index (χ2v) is 5.04. The quantitative estimate of drug-likeness (QED) is 0.876. The highest BCUT2D eigenvalue weighted by Gasteiger charge is 2.12. The van der Waals surface area contributed by atoms with Crippen LogP contribution in [0, 0.1) is 0 Å². The van der Waals surface area contributed by atoms with Gasteiger partial charge in [0.25, 0.3) is 0 Å². The Labute approximate surface area is 124 Å². The fourth-order valence-corrected chi connectivity index (χ4v) is 1.93. The van der Waals surface area contributed by atoms with Gasteiger partial charge < -0.3 is 15.6 Å². The minimum atomic E-state index is -1.01. The normalized spacial score (nSPS) is 11.9. The third-order valence-corrected chi connectivity index (χ3v) is 3.24. The van der Waals surface area contributed by atoms with E-state index in [1.165, 1.54) is 0 Å². The molecule has 2 aromatic rings. The van der Waals surface area contributed by atoms with Crippen molar-refractivity contribution in [2.75, 3.05) is 0 Å². The van der Waals surface area contributed by atoms with Gasteiger partial charge in [0.15, 0.2) is 0 Å². The summed E-state index contributed by atoms with van der Waals surface area (Å²) in [5.41, 5.74) is 6.32. The zero-order valence-corrected chi connectivity index (χ0v) is 12.1. The first-order valence-corrected chi connectivity index (χ1v) is 6.71. The fourth-order valence-electron chi connectivity index (χ4n) is 1.59. The van der Waals surface area contributed by atoms with Crippen LogP contribution in [0.2, 0.25) is 0 Å². The second kappa shape index (κ2) is 6.49. The number of rotatable bonds is 5. The van der Waals surface area contributed by atoms with E-state index in [0.717, 1.165) is 10.0 Å². The zero-order valence-electron chi connectivity index (χ0n) is 10.5. The van der Waals surface area contributed by atoms with Crippen molar-refractivity contribution in [2.24, 2.45) is 5.73 Å². The van der Waals surface area contributed by atoms with Gasteiger partial charge in [-0.1, -0.05) is 12.1 Å². The van der Waals surface area contributed by atoms with Crippen molar-refractivity contribution in [3.8, 4) is 11.6 Å². The lowest BCUT2D eigenvalue weighted by atomic mass is 10.1. The maximum atomic E-state index is 10.7. The van der Waals surface area contributed by atoms with E-state index < -0.39 is 12.0 Å². The number of nitrogens with two attached hydrogens (primary N) is 1. The van der Waals surface area contributed by atoms with Gasteiger partial charge >= 0.3 is 5.97 Å². The van der Waals surface area contributed by atoms with Crippen LogP contribution >= 0.6 is 15.9 Å². The molecule has 1 atom stereocenters. The monoisotopic (exact) mass is 336 g/mol. The molecule has 0 saturated carbocycles. The molecule has 1 aromatic heterocycles. The van der Waals surface area contributed by atoms with E-state index in [2.05, 4.69) is 20.9 Å². The molecule has 1 aromatic carbocycles. The summed E-state index contributed by atoms with van der Waals surface area (Å²) in [5, 5.41) is 8.76. The molecule has 0 fully saturated rings. The number of aliphatic carboxylic acids is 1. The van der Waals surface area contributed by atoms with Crippen LogP contribution in [0.3, 0.4) is 0 Å². The molecule has 6 heteroatoms. The topological polar surface area (TPSA) is 85.4 Å². The highest BCUT2D eigenvalue weighted by molar-refractivity contribution is 9.10. The van der Waals surface area contributed by atoms with Crippen molar-refractivity contribution in [3.63, 3.8) is 0 Å². The van der Waals surface area contributed by atoms with E-state index in [1.54, 1.807) is 36.5 Å². The maximum Gasteiger partial charge on any atom is 0.320 e. The third kappa shape index (κ3) is 3.79. The van der Waals surface area contributed by atoms with Gasteiger partial charge in [-0.2, -0.15) is 0 Å². The summed E-state index contributed by atoms with van der Waals surface area (Å²) < 4.78 is 6.37. The Hall–Kier alpha value is -1.92. The highest BCUT2D eigenvalue weighted by atomic mass is 79.9. The number of carbonyl (C=O) groups is 1. The van der Waals surface area contributed by atoms with Gasteiger partial charge in [-0.25, -0.2) is 4.98 Å². The third-order valence-electron chi connectivity index (χ3n) is 2.64. The van der Waals surface area contributed by atoms with Crippen LogP contribution in [0.4, 0.5) is 0 Å². The average molecular weight is 337 g/mol. The minimum Gasteiger partial charge on any atom is -0.480 e. The Morgan fingerprint density at radius 1 is 1.35 bits per heavy atom. The van der Waals surface area contributed by atoms with Gasteiger partial charge in [-0.3, -0.25) is 4.79 Å². The van der Waals surface area contributed by atoms with Crippen LogP contribution in [0.25, 0.3) is 0 Å². The summed E-state index contributed by atoms with van der Waals surface area (Å²) in [6, 6.07) is 9.82. The van der Waals surface area contributed by atoms with Gasteiger partial charge in [0.1, 0.15) is 11.8 Å². The molecular weight excluding hydrogens is 324 g/mol. The molecule has 0 spiro atoms. The summed E-state index contributed by atoms with van der Waals surface area (Å²) in [7, 11) is 0. The van der Waals surface area contributed by atoms with Crippen LogP contribution in [0.1, 0.15) is 5.56 Å². The molecule has 3 N–H and O–H groups in total. The smallest absolute Gasteiger partial charge is 0.320 e. The standard InChI is InChI=1S/C14H13BrN2O3/c15-11-2-1-7-17-13(11)20-10-5-3-9(4-6-10)8-12(16)14(18)19/h1-7,12H,8,16H2,(H,18,19)/t12-/m0/s1. The molecule has 0 aliphatic heterocycles. The Morgan fingerprint density at radius 3 is 2.65 bits per heavy atom. The van der Waals surface area contributed by atoms with E-state index >= 15 is 0 Å². The second-order valence-electron chi connectivity index (χ2n) is 4.19. The van der Waals surface area contributed by atoms with Gasteiger partial charge in [0.05, 0.1) is 4.47 Å². The molecule has 2 rings (SSSR count). The summed E-state index contributed by atoms with van der Waals surface area (Å²) in [4.78, 5) is 14.8. The van der Waals surface area contributed by atoms with Crippen molar-refractivity contribution in [2.45, 2.75) is 12.5 Å². The van der Waals surface area contributed by atoms with Crippen LogP contribution in [0.15, 0.2) is 47.1 Å². The van der Waals surface area contributed by atoms with Crippen molar-refractivity contribution in [3.05, 3.63) is 52.6 Å². The molecule has 0 radical (unpaired) electrons. The Morgan fingerprint density at radius 2 is 2.05 bits per heavy atom. The number of hydrogen-bond donors (Lipinski definition) is 2. The lowest BCUT2D eigenvalue weighted by molar-refractivity contribution is -0.138. The summed E-state index contributed by atoms with van der Waals surface area (Å²) in [6.07, 6.45) is 1.92. The number of benzene rings is 1. The fraction of sp³-hybridized carbons (Fsp3) is 0.143. The van der Waals surface area contributed by atoms with E-state index in [9.17, 15) is 4.79 Å². The number of nitrogens with zero attached hydrogens (tertiary/aromatic N) is 1. The van der Waals surface area contributed by atoms with Crippen LogP contribution in [0.5, 0.6) is 11.6 Å². The van der Waals surface area contributed by atoms with Crippen molar-refractivity contribution < 1.29 is 14.6 Å². The Balaban J connectivity index is 2.05. The first-order chi connectivity index (χ1) is 9.56. The van der Waals surface area contributed by atoms with Crippen LogP contribution in [-0.2, 0) is 11.2 Å². The lowest BCUT2D eigenvalue weighted by Gasteiger charge is -2.09. The summed E-state index contributed by atoms with van der Waals surface area (Å²) in [5.74, 6) is 0.0854. The number of carboxylic acids is 1. The van der Waals surface area contributed by atoms with Crippen molar-refractivity contribution in [1.82, 2.24) is 4.98 Å². The first-order valence-electron chi connectivity index (χ1n) is 5.92. The molecule has 0 saturated heterocycles. The van der Waals surface area contributed by atoms with Gasteiger partial charge in [-0.05, 0) is 52.2 Å². The molecule has 1 heterocycles. The Bertz CT molecular complexity index is 602. The predicted octanol–water partition coefficient (Wildman–Crippen LogP) is 2.59. The molecule has 104 valence electrons. The van der Waals surface area contributed by atoms with Crippen LogP contribution in [-0.4, -0.2) is 22.1 Å². The molecule has 0 unspecified atom stereocenters. The Kier molecular flexibility index (Phi) is 4.70.